The van der Waals surface area contributed by atoms with Gasteiger partial charge in [-0.1, -0.05) is 24.3 Å². The number of pyridine rings is 1. The van der Waals surface area contributed by atoms with Crippen LogP contribution < -0.4 is 46.1 Å². The molecule has 0 saturated carbocycles. The number of hydrogen-bond acceptors (Lipinski definition) is 16. The second-order valence-electron chi connectivity index (χ2n) is 17.0. The lowest BCUT2D eigenvalue weighted by molar-refractivity contribution is -0.124. The molecule has 0 aliphatic carbocycles. The van der Waals surface area contributed by atoms with E-state index in [1.807, 2.05) is 98.4 Å². The number of carbonyl (C=O) groups excluding carboxylic acids is 2. The molecule has 12 bridgehead atoms. The van der Waals surface area contributed by atoms with Crippen molar-refractivity contribution in [1.82, 2.24) is 64.7 Å². The van der Waals surface area contributed by atoms with E-state index < -0.39 is 0 Å². The lowest BCUT2D eigenvalue weighted by Gasteiger charge is -2.16. The molecule has 7 aromatic heterocycles. The highest BCUT2D eigenvalue weighted by Crippen LogP contribution is 2.30. The molecule has 0 radical (unpaired) electrons. The number of ether oxygens (including phenoxy) is 3. The van der Waals surface area contributed by atoms with Crippen LogP contribution in [0.3, 0.4) is 0 Å². The summed E-state index contributed by atoms with van der Waals surface area (Å²) in [4.78, 5) is 41.9. The van der Waals surface area contributed by atoms with Crippen molar-refractivity contribution in [2.45, 2.75) is 32.4 Å². The molecule has 2 amide bonds. The molecule has 0 saturated heterocycles. The van der Waals surface area contributed by atoms with Crippen LogP contribution in [0.15, 0.2) is 122 Å². The van der Waals surface area contributed by atoms with Gasteiger partial charge in [0.25, 0.3) is 11.8 Å². The predicted octanol–water partition coefficient (Wildman–Crippen LogP) is 4.99. The molecule has 362 valence electrons. The summed E-state index contributed by atoms with van der Waals surface area (Å²) >= 11 is 0. The van der Waals surface area contributed by atoms with Gasteiger partial charge >= 0.3 is 0 Å². The number of anilines is 3. The molecule has 0 fully saturated rings. The van der Waals surface area contributed by atoms with E-state index in [0.717, 1.165) is 93.0 Å². The molecular formula is C50H52N16O5. The van der Waals surface area contributed by atoms with Crippen molar-refractivity contribution in [3.05, 3.63) is 122 Å². The van der Waals surface area contributed by atoms with Crippen LogP contribution in [0.25, 0.3) is 50.3 Å². The fraction of sp³-hybridized carbons (Fsp3) is 0.260. The van der Waals surface area contributed by atoms with Crippen LogP contribution in [0.5, 0.6) is 17.2 Å². The lowest BCUT2D eigenvalue weighted by Crippen LogP contribution is -2.40. The van der Waals surface area contributed by atoms with Crippen LogP contribution in [-0.2, 0) is 9.59 Å². The molecule has 12 rings (SSSR count). The molecule has 6 N–H and O–H groups in total. The minimum Gasteiger partial charge on any atom is -0.492 e. The van der Waals surface area contributed by atoms with E-state index in [9.17, 15) is 9.59 Å². The zero-order chi connectivity index (χ0) is 48.5. The Balaban J connectivity index is 0.000000123. The van der Waals surface area contributed by atoms with Gasteiger partial charge in [0.1, 0.15) is 41.3 Å². The molecule has 9 aromatic rings. The maximum Gasteiger partial charge on any atom is 0.258 e. The third-order valence-corrected chi connectivity index (χ3v) is 11.5. The van der Waals surface area contributed by atoms with Gasteiger partial charge in [0.15, 0.2) is 30.2 Å². The van der Waals surface area contributed by atoms with Crippen LogP contribution >= 0.6 is 0 Å². The molecule has 71 heavy (non-hydrogen) atoms. The highest BCUT2D eigenvalue weighted by Gasteiger charge is 2.16. The zero-order valence-corrected chi connectivity index (χ0v) is 39.1. The highest BCUT2D eigenvalue weighted by atomic mass is 16.5. The van der Waals surface area contributed by atoms with Gasteiger partial charge < -0.3 is 46.1 Å². The maximum atomic E-state index is 12.0. The summed E-state index contributed by atoms with van der Waals surface area (Å²) in [6, 6.07) is 23.4. The Bertz CT molecular complexity index is 3320. The number of fused-ring (bicyclic) bond motifs is 12. The number of rotatable bonds is 0. The van der Waals surface area contributed by atoms with Crippen LogP contribution in [0.4, 0.5) is 17.5 Å². The van der Waals surface area contributed by atoms with Gasteiger partial charge in [-0.3, -0.25) is 14.6 Å². The van der Waals surface area contributed by atoms with Gasteiger partial charge in [-0.15, -0.1) is 0 Å². The number of nitrogens with one attached hydrogen (secondary N) is 6. The Labute approximate surface area is 407 Å². The van der Waals surface area contributed by atoms with Crippen molar-refractivity contribution in [2.24, 2.45) is 0 Å². The average Bonchev–Trinajstić information content (AvgIpc) is 4.14. The summed E-state index contributed by atoms with van der Waals surface area (Å²) in [7, 11) is 0. The molecule has 0 spiro atoms. The van der Waals surface area contributed by atoms with Crippen molar-refractivity contribution in [3.63, 3.8) is 0 Å². The van der Waals surface area contributed by atoms with E-state index in [1.165, 1.54) is 0 Å². The zero-order valence-electron chi connectivity index (χ0n) is 39.1. The fourth-order valence-corrected chi connectivity index (χ4v) is 8.02. The van der Waals surface area contributed by atoms with Crippen LogP contribution in [0, 0.1) is 0 Å². The first-order valence-corrected chi connectivity index (χ1v) is 23.4. The third kappa shape index (κ3) is 11.2. The van der Waals surface area contributed by atoms with Gasteiger partial charge in [-0.25, -0.2) is 28.5 Å². The summed E-state index contributed by atoms with van der Waals surface area (Å²) in [6.07, 6.45) is 15.1. The molecule has 2 aromatic carbocycles. The number of hydrogen-bond donors (Lipinski definition) is 6. The minimum atomic E-state index is -0.151. The Morgan fingerprint density at radius 1 is 0.521 bits per heavy atom. The number of carbonyl (C=O) groups is 2. The van der Waals surface area contributed by atoms with E-state index in [4.69, 9.17) is 19.2 Å². The Hall–Kier alpha value is -8.85. The topological polar surface area (TPSA) is 237 Å². The highest BCUT2D eigenvalue weighted by molar-refractivity contribution is 5.81. The maximum absolute atomic E-state index is 12.0. The standard InChI is InChI=1S/C17H17N5O2.C17H19N5O.C16H16N6O2/c1-11-8-18-15-5-6-22-17(21-15)14(9-19-22)12-3-2-4-13(7-12)24-10-16(23)20-11;1-12-10-18-6-8-23-14-4-2-3-13(9-14)15-11-19-22-7-5-16(20-12)21-17(15)22;23-15-10-24-12-6-11(7-17-8-12)13-9-20-22-5-2-14(21-16(13)22)18-3-1-4-19-15/h2-7,9,11H,8,10H2,1H3,(H,18,21)(H,20,23);2-5,7,9,11-12,18H,6,8,10H2,1H3,(H,20,21);2,5-9H,1,3-4,10H2,(H,18,21)(H,19,23). The summed E-state index contributed by atoms with van der Waals surface area (Å²) in [5.74, 6) is 4.11. The van der Waals surface area contributed by atoms with Crippen LogP contribution in [0.1, 0.15) is 20.3 Å². The minimum absolute atomic E-state index is 0.0131. The van der Waals surface area contributed by atoms with E-state index >= 15 is 0 Å². The molecule has 21 heteroatoms. The summed E-state index contributed by atoms with van der Waals surface area (Å²) < 4.78 is 22.2. The largest absolute Gasteiger partial charge is 0.492 e. The summed E-state index contributed by atoms with van der Waals surface area (Å²) in [5.41, 5.74) is 7.95. The normalized spacial score (nSPS) is 17.0. The monoisotopic (exact) mass is 956 g/mol. The summed E-state index contributed by atoms with van der Waals surface area (Å²) in [5, 5.41) is 32.1. The van der Waals surface area contributed by atoms with E-state index in [2.05, 4.69) is 75.1 Å². The van der Waals surface area contributed by atoms with Crippen molar-refractivity contribution in [2.75, 3.05) is 68.5 Å². The average molecular weight is 957 g/mol. The quantitative estimate of drug-likeness (QED) is 0.117. The van der Waals surface area contributed by atoms with Crippen molar-refractivity contribution in [1.29, 1.82) is 0 Å². The number of amides is 2. The SMILES string of the molecule is CC1CNCCOc2cccc(c2)-c2cnn3ccc(nc23)N1.CC1CNc2ccn3ncc(c3n2)-c2cccc(c2)OCC(=O)N1.O=C1COc2cncc(c2)-c2cnn3ccc(nc23)NCCCN1. The number of nitrogens with zero attached hydrogens (tertiary/aromatic N) is 10. The van der Waals surface area contributed by atoms with Crippen LogP contribution in [-0.4, -0.2) is 125 Å². The van der Waals surface area contributed by atoms with E-state index in [0.29, 0.717) is 37.7 Å². The van der Waals surface area contributed by atoms with Crippen molar-refractivity contribution < 1.29 is 23.8 Å². The Morgan fingerprint density at radius 3 is 1.76 bits per heavy atom. The molecule has 10 heterocycles. The molecule has 3 aliphatic heterocycles. The molecule has 21 nitrogen and oxygen atoms in total. The molecule has 2 unspecified atom stereocenters. The lowest BCUT2D eigenvalue weighted by atomic mass is 10.1. The van der Waals surface area contributed by atoms with Gasteiger partial charge in [0.2, 0.25) is 0 Å². The molecular weight excluding hydrogens is 905 g/mol. The van der Waals surface area contributed by atoms with Gasteiger partial charge in [0.05, 0.1) is 24.8 Å². The Kier molecular flexibility index (Phi) is 13.7. The molecule has 3 aliphatic rings. The predicted molar refractivity (Wildman–Crippen MR) is 268 cm³/mol. The van der Waals surface area contributed by atoms with E-state index in [-0.39, 0.29) is 37.1 Å². The van der Waals surface area contributed by atoms with Crippen LogP contribution in [0.2, 0.25) is 0 Å². The number of aromatic nitrogens is 10. The van der Waals surface area contributed by atoms with Crippen molar-refractivity contribution in [3.8, 4) is 50.6 Å². The van der Waals surface area contributed by atoms with Gasteiger partial charge in [-0.2, -0.15) is 15.3 Å². The second-order valence-corrected chi connectivity index (χ2v) is 17.0. The van der Waals surface area contributed by atoms with Gasteiger partial charge in [0, 0.05) is 91.8 Å². The fourth-order valence-electron chi connectivity index (χ4n) is 8.02. The summed E-state index contributed by atoms with van der Waals surface area (Å²) in [6.45, 7) is 8.17. The Morgan fingerprint density at radius 2 is 1.07 bits per heavy atom. The van der Waals surface area contributed by atoms with Gasteiger partial charge in [-0.05, 0) is 79.9 Å². The smallest absolute Gasteiger partial charge is 0.258 e. The number of benzene rings is 2. The van der Waals surface area contributed by atoms with E-state index in [1.54, 1.807) is 38.3 Å². The first-order chi connectivity index (χ1) is 34.8. The van der Waals surface area contributed by atoms with Crippen molar-refractivity contribution >= 4 is 46.2 Å². The second kappa shape index (κ2) is 21.2. The first kappa shape index (κ1) is 45.9. The third-order valence-electron chi connectivity index (χ3n) is 11.5. The first-order valence-electron chi connectivity index (χ1n) is 23.4. The molecule has 2 atom stereocenters.